The number of anilines is 4. The normalized spacial score (nSPS) is 10.6. The van der Waals surface area contributed by atoms with Crippen molar-refractivity contribution in [1.29, 1.82) is 0 Å². The van der Waals surface area contributed by atoms with Crippen molar-refractivity contribution in [2.24, 2.45) is 5.92 Å². The summed E-state index contributed by atoms with van der Waals surface area (Å²) in [5, 5.41) is 3.26. The molecule has 5 N–H and O–H groups in total. The largest absolute Gasteiger partial charge is 0.494 e. The second-order valence-corrected chi connectivity index (χ2v) is 5.53. The number of nitrogens with two attached hydrogens (primary N) is 2. The summed E-state index contributed by atoms with van der Waals surface area (Å²) in [6.45, 7) is 5.12. The van der Waals surface area contributed by atoms with Crippen LogP contribution in [0.3, 0.4) is 0 Å². The fraction of sp³-hybridized carbons (Fsp3) is 0.294. The van der Waals surface area contributed by atoms with Gasteiger partial charge in [0.2, 0.25) is 0 Å². The third-order valence-electron chi connectivity index (χ3n) is 3.17. The zero-order valence-electron chi connectivity index (χ0n) is 12.6. The summed E-state index contributed by atoms with van der Waals surface area (Å²) in [5.74, 6) is 1.53. The number of nitrogens with one attached hydrogen (secondary N) is 1. The van der Waals surface area contributed by atoms with Crippen molar-refractivity contribution in [3.63, 3.8) is 0 Å². The lowest BCUT2D eigenvalue weighted by Crippen LogP contribution is -2.01. The quantitative estimate of drug-likeness (QED) is 0.701. The van der Waals surface area contributed by atoms with Gasteiger partial charge < -0.3 is 21.5 Å². The van der Waals surface area contributed by atoms with Gasteiger partial charge >= 0.3 is 0 Å². The van der Waals surface area contributed by atoms with Crippen LogP contribution in [0.4, 0.5) is 22.7 Å². The lowest BCUT2D eigenvalue weighted by atomic mass is 10.1. The van der Waals surface area contributed by atoms with Crippen molar-refractivity contribution >= 4 is 22.7 Å². The summed E-state index contributed by atoms with van der Waals surface area (Å²) in [6.07, 6.45) is 1.06. The molecule has 0 aromatic heterocycles. The lowest BCUT2D eigenvalue weighted by Gasteiger charge is -2.11. The van der Waals surface area contributed by atoms with Gasteiger partial charge in [0.25, 0.3) is 0 Å². The van der Waals surface area contributed by atoms with Crippen LogP contribution in [0.15, 0.2) is 42.5 Å². The molecule has 0 radical (unpaired) electrons. The maximum absolute atomic E-state index is 5.93. The van der Waals surface area contributed by atoms with Crippen molar-refractivity contribution in [2.45, 2.75) is 20.3 Å². The fourth-order valence-electron chi connectivity index (χ4n) is 1.90. The van der Waals surface area contributed by atoms with E-state index in [0.717, 1.165) is 30.2 Å². The molecule has 0 aliphatic carbocycles. The molecule has 0 unspecified atom stereocenters. The van der Waals surface area contributed by atoms with Crippen LogP contribution in [0.2, 0.25) is 0 Å². The maximum Gasteiger partial charge on any atom is 0.119 e. The molecule has 0 spiro atoms. The molecule has 0 fully saturated rings. The number of nitrogen functional groups attached to an aromatic ring is 2. The minimum absolute atomic E-state index is 0.632. The number of hydrogen-bond acceptors (Lipinski definition) is 4. The van der Waals surface area contributed by atoms with Crippen LogP contribution >= 0.6 is 0 Å². The van der Waals surface area contributed by atoms with E-state index < -0.39 is 0 Å². The topological polar surface area (TPSA) is 73.3 Å². The highest BCUT2D eigenvalue weighted by atomic mass is 16.5. The van der Waals surface area contributed by atoms with Gasteiger partial charge in [0.05, 0.1) is 18.0 Å². The Morgan fingerprint density at radius 1 is 1.05 bits per heavy atom. The van der Waals surface area contributed by atoms with Gasteiger partial charge in [-0.05, 0) is 54.8 Å². The number of benzene rings is 2. The third kappa shape index (κ3) is 4.60. The van der Waals surface area contributed by atoms with Gasteiger partial charge in [-0.25, -0.2) is 0 Å². The average Bonchev–Trinajstić information content (AvgIpc) is 2.43. The SMILES string of the molecule is CC(C)CCOc1ccc(Nc2ccc(N)cc2N)cc1. The van der Waals surface area contributed by atoms with E-state index in [2.05, 4.69) is 19.2 Å². The lowest BCUT2D eigenvalue weighted by molar-refractivity contribution is 0.289. The predicted octanol–water partition coefficient (Wildman–Crippen LogP) is 4.02. The third-order valence-corrected chi connectivity index (χ3v) is 3.17. The molecule has 0 aliphatic rings. The van der Waals surface area contributed by atoms with Crippen LogP contribution in [0.25, 0.3) is 0 Å². The Morgan fingerprint density at radius 3 is 2.38 bits per heavy atom. The Hall–Kier alpha value is -2.36. The van der Waals surface area contributed by atoms with Crippen LogP contribution in [-0.2, 0) is 0 Å². The summed E-state index contributed by atoms with van der Waals surface area (Å²) in [7, 11) is 0. The molecule has 0 aliphatic heterocycles. The van der Waals surface area contributed by atoms with Crippen molar-refractivity contribution in [2.75, 3.05) is 23.4 Å². The first-order valence-electron chi connectivity index (χ1n) is 7.19. The molecule has 0 saturated carbocycles. The molecule has 0 amide bonds. The van der Waals surface area contributed by atoms with Gasteiger partial charge in [0.1, 0.15) is 5.75 Å². The van der Waals surface area contributed by atoms with Gasteiger partial charge in [-0.1, -0.05) is 13.8 Å². The van der Waals surface area contributed by atoms with E-state index in [0.29, 0.717) is 17.3 Å². The first-order chi connectivity index (χ1) is 10.0. The molecule has 0 bridgehead atoms. The fourth-order valence-corrected chi connectivity index (χ4v) is 1.90. The second kappa shape index (κ2) is 6.88. The highest BCUT2D eigenvalue weighted by Crippen LogP contribution is 2.26. The molecule has 4 heteroatoms. The van der Waals surface area contributed by atoms with E-state index in [4.69, 9.17) is 16.2 Å². The molecule has 0 heterocycles. The summed E-state index contributed by atoms with van der Waals surface area (Å²) >= 11 is 0. The minimum Gasteiger partial charge on any atom is -0.494 e. The summed E-state index contributed by atoms with van der Waals surface area (Å²) < 4.78 is 5.69. The zero-order valence-corrected chi connectivity index (χ0v) is 12.6. The van der Waals surface area contributed by atoms with Crippen LogP contribution in [-0.4, -0.2) is 6.61 Å². The van der Waals surface area contributed by atoms with E-state index in [1.165, 1.54) is 0 Å². The second-order valence-electron chi connectivity index (χ2n) is 5.53. The van der Waals surface area contributed by atoms with E-state index >= 15 is 0 Å². The van der Waals surface area contributed by atoms with E-state index in [9.17, 15) is 0 Å². The van der Waals surface area contributed by atoms with Crippen LogP contribution < -0.4 is 21.5 Å². The molecule has 2 aromatic carbocycles. The number of ether oxygens (including phenoxy) is 1. The maximum atomic E-state index is 5.93. The average molecular weight is 285 g/mol. The van der Waals surface area contributed by atoms with Crippen molar-refractivity contribution in [3.8, 4) is 5.75 Å². The molecule has 112 valence electrons. The van der Waals surface area contributed by atoms with Crippen LogP contribution in [0, 0.1) is 5.92 Å². The number of rotatable bonds is 6. The Balaban J connectivity index is 1.95. The molecular weight excluding hydrogens is 262 g/mol. The van der Waals surface area contributed by atoms with E-state index in [-0.39, 0.29) is 0 Å². The highest BCUT2D eigenvalue weighted by molar-refractivity contribution is 5.75. The molecule has 21 heavy (non-hydrogen) atoms. The molecule has 0 saturated heterocycles. The monoisotopic (exact) mass is 285 g/mol. The summed E-state index contributed by atoms with van der Waals surface area (Å²) in [4.78, 5) is 0. The molecular formula is C17H23N3O. The predicted molar refractivity (Wildman–Crippen MR) is 89.9 cm³/mol. The molecule has 2 rings (SSSR count). The molecule has 2 aromatic rings. The molecule has 4 nitrogen and oxygen atoms in total. The Bertz CT molecular complexity index is 579. The van der Waals surface area contributed by atoms with Gasteiger partial charge in [0.15, 0.2) is 0 Å². The van der Waals surface area contributed by atoms with E-state index in [1.807, 2.05) is 36.4 Å². The molecule has 0 atom stereocenters. The van der Waals surface area contributed by atoms with E-state index in [1.54, 1.807) is 6.07 Å². The van der Waals surface area contributed by atoms with Gasteiger partial charge in [-0.15, -0.1) is 0 Å². The highest BCUT2D eigenvalue weighted by Gasteiger charge is 2.01. The standard InChI is InChI=1S/C17H23N3O/c1-12(2)9-10-21-15-6-4-14(5-7-15)20-17-8-3-13(18)11-16(17)19/h3-8,11-12,20H,9-10,18-19H2,1-2H3. The van der Waals surface area contributed by atoms with Crippen molar-refractivity contribution < 1.29 is 4.74 Å². The van der Waals surface area contributed by atoms with Crippen molar-refractivity contribution in [3.05, 3.63) is 42.5 Å². The zero-order chi connectivity index (χ0) is 15.2. The number of hydrogen-bond donors (Lipinski definition) is 3. The minimum atomic E-state index is 0.632. The Morgan fingerprint density at radius 2 is 1.76 bits per heavy atom. The Labute approximate surface area is 126 Å². The first-order valence-corrected chi connectivity index (χ1v) is 7.19. The van der Waals surface area contributed by atoms with Crippen LogP contribution in [0.1, 0.15) is 20.3 Å². The Kier molecular flexibility index (Phi) is 4.93. The van der Waals surface area contributed by atoms with Gasteiger partial charge in [0, 0.05) is 11.4 Å². The summed E-state index contributed by atoms with van der Waals surface area (Å²) in [5.41, 5.74) is 14.7. The summed E-state index contributed by atoms with van der Waals surface area (Å²) in [6, 6.07) is 13.3. The van der Waals surface area contributed by atoms with Gasteiger partial charge in [-0.3, -0.25) is 0 Å². The van der Waals surface area contributed by atoms with Crippen molar-refractivity contribution in [1.82, 2.24) is 0 Å². The smallest absolute Gasteiger partial charge is 0.119 e. The first kappa shape index (κ1) is 15.0. The van der Waals surface area contributed by atoms with Gasteiger partial charge in [-0.2, -0.15) is 0 Å². The van der Waals surface area contributed by atoms with Crippen LogP contribution in [0.5, 0.6) is 5.75 Å².